The molecule has 2 aliphatic rings. The van der Waals surface area contributed by atoms with Gasteiger partial charge in [-0.25, -0.2) is 0 Å². The minimum Gasteiger partial charge on any atom is -0.497 e. The summed E-state index contributed by atoms with van der Waals surface area (Å²) < 4.78 is 10.8. The van der Waals surface area contributed by atoms with Gasteiger partial charge in [-0.1, -0.05) is 24.4 Å². The van der Waals surface area contributed by atoms with Crippen LogP contribution in [0.2, 0.25) is 0 Å². The van der Waals surface area contributed by atoms with Gasteiger partial charge in [-0.15, -0.1) is 0 Å². The summed E-state index contributed by atoms with van der Waals surface area (Å²) in [6, 6.07) is 7.75. The van der Waals surface area contributed by atoms with Gasteiger partial charge in [0.25, 0.3) is 0 Å². The molecule has 4 rings (SSSR count). The molecule has 25 heavy (non-hydrogen) atoms. The third-order valence-corrected chi connectivity index (χ3v) is 5.61. The Balaban J connectivity index is 1.49. The lowest BCUT2D eigenvalue weighted by Gasteiger charge is -2.49. The molecule has 0 amide bonds. The van der Waals surface area contributed by atoms with Crippen molar-refractivity contribution in [3.05, 3.63) is 30.2 Å². The van der Waals surface area contributed by atoms with Crippen molar-refractivity contribution in [1.82, 2.24) is 20.4 Å². The van der Waals surface area contributed by atoms with Gasteiger partial charge in [-0.05, 0) is 37.1 Å². The number of rotatable bonds is 4. The first-order valence-corrected chi connectivity index (χ1v) is 9.22. The second kappa shape index (κ2) is 7.14. The highest BCUT2D eigenvalue weighted by Gasteiger charge is 2.40. The number of methoxy groups -OCH3 is 1. The van der Waals surface area contributed by atoms with E-state index < -0.39 is 0 Å². The maximum Gasteiger partial charge on any atom is 0.241 e. The first-order chi connectivity index (χ1) is 12.3. The zero-order valence-electron chi connectivity index (χ0n) is 14.8. The van der Waals surface area contributed by atoms with E-state index in [4.69, 9.17) is 9.26 Å². The smallest absolute Gasteiger partial charge is 0.241 e. The van der Waals surface area contributed by atoms with Crippen LogP contribution in [0.1, 0.15) is 38.0 Å². The first-order valence-electron chi connectivity index (χ1n) is 9.22. The Bertz CT molecular complexity index is 683. The van der Waals surface area contributed by atoms with Crippen LogP contribution in [0, 0.1) is 0 Å². The molecular weight excluding hydrogens is 316 g/mol. The average Bonchev–Trinajstić information content (AvgIpc) is 3.13. The lowest BCUT2D eigenvalue weighted by atomic mass is 9.79. The number of aromatic nitrogens is 2. The van der Waals surface area contributed by atoms with Gasteiger partial charge in [0.1, 0.15) is 5.75 Å². The largest absolute Gasteiger partial charge is 0.497 e. The molecule has 1 aliphatic heterocycles. The average molecular weight is 342 g/mol. The number of benzene rings is 1. The van der Waals surface area contributed by atoms with E-state index in [2.05, 4.69) is 20.4 Å². The van der Waals surface area contributed by atoms with Gasteiger partial charge in [0.15, 0.2) is 0 Å². The predicted molar refractivity (Wildman–Crippen MR) is 95.4 cm³/mol. The van der Waals surface area contributed by atoms with E-state index in [9.17, 15) is 0 Å². The zero-order chi connectivity index (χ0) is 17.1. The van der Waals surface area contributed by atoms with E-state index in [-0.39, 0.29) is 5.54 Å². The Hall–Kier alpha value is -1.92. The second-order valence-electron chi connectivity index (χ2n) is 7.12. The van der Waals surface area contributed by atoms with E-state index in [0.717, 1.165) is 37.5 Å². The first kappa shape index (κ1) is 16.5. The van der Waals surface area contributed by atoms with Gasteiger partial charge in [0.2, 0.25) is 11.7 Å². The number of hydrogen-bond donors (Lipinski definition) is 1. The monoisotopic (exact) mass is 342 g/mol. The van der Waals surface area contributed by atoms with E-state index in [1.165, 1.54) is 32.1 Å². The zero-order valence-corrected chi connectivity index (χ0v) is 14.8. The summed E-state index contributed by atoms with van der Waals surface area (Å²) in [7, 11) is 1.66. The highest BCUT2D eigenvalue weighted by Crippen LogP contribution is 2.35. The summed E-state index contributed by atoms with van der Waals surface area (Å²) in [6.07, 6.45) is 6.52. The van der Waals surface area contributed by atoms with Crippen molar-refractivity contribution in [2.45, 2.75) is 44.2 Å². The minimum atomic E-state index is 0.269. The van der Waals surface area contributed by atoms with Crippen LogP contribution in [0.5, 0.6) is 5.75 Å². The Labute approximate surface area is 148 Å². The number of nitrogens with zero attached hydrogens (tertiary/aromatic N) is 3. The van der Waals surface area contributed by atoms with Crippen LogP contribution < -0.4 is 10.1 Å². The van der Waals surface area contributed by atoms with Gasteiger partial charge in [0.05, 0.1) is 13.7 Å². The van der Waals surface area contributed by atoms with Crippen LogP contribution in [0.25, 0.3) is 11.4 Å². The second-order valence-corrected chi connectivity index (χ2v) is 7.12. The summed E-state index contributed by atoms with van der Waals surface area (Å²) in [6.45, 7) is 3.89. The molecule has 1 spiro atoms. The molecule has 1 saturated heterocycles. The molecule has 1 aromatic carbocycles. The van der Waals surface area contributed by atoms with E-state index in [1.54, 1.807) is 7.11 Å². The van der Waals surface area contributed by atoms with Crippen molar-refractivity contribution in [3.63, 3.8) is 0 Å². The van der Waals surface area contributed by atoms with Gasteiger partial charge in [-0.2, -0.15) is 4.98 Å². The van der Waals surface area contributed by atoms with Crippen LogP contribution in [-0.4, -0.2) is 47.3 Å². The van der Waals surface area contributed by atoms with Crippen LogP contribution >= 0.6 is 0 Å². The van der Waals surface area contributed by atoms with Gasteiger partial charge >= 0.3 is 0 Å². The highest BCUT2D eigenvalue weighted by atomic mass is 16.5. The quantitative estimate of drug-likeness (QED) is 0.922. The molecule has 2 aromatic rings. The van der Waals surface area contributed by atoms with Crippen LogP contribution in [0.15, 0.2) is 28.8 Å². The molecule has 1 saturated carbocycles. The molecule has 1 aromatic heterocycles. The van der Waals surface area contributed by atoms with E-state index in [1.807, 2.05) is 24.3 Å². The summed E-state index contributed by atoms with van der Waals surface area (Å²) in [5, 5.41) is 7.75. The number of piperazine rings is 1. The standard InChI is InChI=1S/C19H26N4O2/c1-24-16-7-5-15(6-8-16)18-21-17(25-22-18)13-23-12-11-20-14-19(23)9-3-2-4-10-19/h5-8,20H,2-4,9-14H2,1H3. The molecule has 0 radical (unpaired) electrons. The summed E-state index contributed by atoms with van der Waals surface area (Å²) >= 11 is 0. The van der Waals surface area contributed by atoms with Gasteiger partial charge < -0.3 is 14.6 Å². The third kappa shape index (κ3) is 3.41. The van der Waals surface area contributed by atoms with Crippen molar-refractivity contribution in [2.75, 3.05) is 26.7 Å². The molecule has 6 nitrogen and oxygen atoms in total. The fraction of sp³-hybridized carbons (Fsp3) is 0.579. The molecule has 2 heterocycles. The van der Waals surface area contributed by atoms with Crippen LogP contribution in [0.3, 0.4) is 0 Å². The van der Waals surface area contributed by atoms with Crippen molar-refractivity contribution in [3.8, 4) is 17.1 Å². The van der Waals surface area contributed by atoms with Crippen molar-refractivity contribution in [1.29, 1.82) is 0 Å². The topological polar surface area (TPSA) is 63.4 Å². The Morgan fingerprint density at radius 1 is 1.20 bits per heavy atom. The Kier molecular flexibility index (Phi) is 4.72. The van der Waals surface area contributed by atoms with Gasteiger partial charge in [-0.3, -0.25) is 4.90 Å². The third-order valence-electron chi connectivity index (χ3n) is 5.61. The number of ether oxygens (including phenoxy) is 1. The summed E-state index contributed by atoms with van der Waals surface area (Å²) in [5.41, 5.74) is 1.22. The van der Waals surface area contributed by atoms with E-state index in [0.29, 0.717) is 11.7 Å². The fourth-order valence-electron chi connectivity index (χ4n) is 4.17. The lowest BCUT2D eigenvalue weighted by molar-refractivity contribution is 0.0135. The Morgan fingerprint density at radius 2 is 2.00 bits per heavy atom. The number of hydrogen-bond acceptors (Lipinski definition) is 6. The SMILES string of the molecule is COc1ccc(-c2noc(CN3CCNCC34CCCCC4)n2)cc1. The van der Waals surface area contributed by atoms with Crippen LogP contribution in [0.4, 0.5) is 0 Å². The minimum absolute atomic E-state index is 0.269. The molecule has 134 valence electrons. The molecule has 2 fully saturated rings. The van der Waals surface area contributed by atoms with Crippen LogP contribution in [-0.2, 0) is 6.54 Å². The molecule has 6 heteroatoms. The maximum atomic E-state index is 5.56. The maximum absolute atomic E-state index is 5.56. The summed E-state index contributed by atoms with van der Waals surface area (Å²) in [4.78, 5) is 7.19. The molecule has 0 unspecified atom stereocenters. The van der Waals surface area contributed by atoms with Crippen molar-refractivity contribution in [2.24, 2.45) is 0 Å². The van der Waals surface area contributed by atoms with E-state index >= 15 is 0 Å². The fourth-order valence-corrected chi connectivity index (χ4v) is 4.17. The lowest BCUT2D eigenvalue weighted by Crippen LogP contribution is -2.61. The molecule has 0 bridgehead atoms. The molecule has 1 aliphatic carbocycles. The van der Waals surface area contributed by atoms with Gasteiger partial charge in [0, 0.05) is 30.7 Å². The molecular formula is C19H26N4O2. The number of nitrogens with one attached hydrogen (secondary N) is 1. The summed E-state index contributed by atoms with van der Waals surface area (Å²) in [5.74, 6) is 2.18. The Morgan fingerprint density at radius 3 is 2.76 bits per heavy atom. The van der Waals surface area contributed by atoms with Crippen molar-refractivity contribution < 1.29 is 9.26 Å². The molecule has 0 atom stereocenters. The van der Waals surface area contributed by atoms with Crippen molar-refractivity contribution >= 4 is 0 Å². The normalized spacial score (nSPS) is 20.7. The molecule has 1 N–H and O–H groups in total. The highest BCUT2D eigenvalue weighted by molar-refractivity contribution is 5.55. The predicted octanol–water partition coefficient (Wildman–Crippen LogP) is 2.85.